The molecule has 0 aliphatic carbocycles. The molecule has 0 fully saturated rings. The number of thioether (sulfide) groups is 1. The summed E-state index contributed by atoms with van der Waals surface area (Å²) in [6.45, 7) is 0. The first-order chi connectivity index (χ1) is 13.3. The van der Waals surface area contributed by atoms with Crippen LogP contribution in [0.3, 0.4) is 0 Å². The second-order valence-electron chi connectivity index (χ2n) is 5.73. The Labute approximate surface area is 163 Å². The number of hydrogen-bond donors (Lipinski definition) is 2. The molecule has 148 valence electrons. The maximum absolute atomic E-state index is 13.8. The van der Waals surface area contributed by atoms with Gasteiger partial charge in [0, 0.05) is 23.8 Å². The van der Waals surface area contributed by atoms with Crippen LogP contribution in [0.2, 0.25) is 0 Å². The van der Waals surface area contributed by atoms with Crippen LogP contribution in [0.1, 0.15) is 16.8 Å². The molecule has 0 saturated heterocycles. The molecule has 2 amide bonds. The lowest BCUT2D eigenvalue weighted by molar-refractivity contribution is -0.384. The van der Waals surface area contributed by atoms with E-state index in [1.807, 2.05) is 6.26 Å². The van der Waals surface area contributed by atoms with E-state index in [0.717, 1.165) is 18.2 Å². The van der Waals surface area contributed by atoms with Crippen molar-refractivity contribution in [1.82, 2.24) is 5.32 Å². The number of benzene rings is 2. The highest BCUT2D eigenvalue weighted by Gasteiger charge is 2.23. The number of nitrogens with zero attached hydrogens (tertiary/aromatic N) is 1. The summed E-state index contributed by atoms with van der Waals surface area (Å²) in [7, 11) is 0. The Hall–Kier alpha value is -3.01. The molecule has 0 aromatic heterocycles. The first kappa shape index (κ1) is 21.3. The van der Waals surface area contributed by atoms with Gasteiger partial charge < -0.3 is 10.6 Å². The zero-order valence-electron chi connectivity index (χ0n) is 14.8. The van der Waals surface area contributed by atoms with Crippen LogP contribution < -0.4 is 10.6 Å². The summed E-state index contributed by atoms with van der Waals surface area (Å²) in [4.78, 5) is 35.1. The lowest BCUT2D eigenvalue weighted by Crippen LogP contribution is -2.44. The lowest BCUT2D eigenvalue weighted by atomic mass is 10.1. The van der Waals surface area contributed by atoms with E-state index >= 15 is 0 Å². The fourth-order valence-corrected chi connectivity index (χ4v) is 2.79. The zero-order valence-corrected chi connectivity index (χ0v) is 15.6. The predicted molar refractivity (Wildman–Crippen MR) is 102 cm³/mol. The van der Waals surface area contributed by atoms with Gasteiger partial charge in [-0.15, -0.1) is 0 Å². The second-order valence-corrected chi connectivity index (χ2v) is 6.71. The smallest absolute Gasteiger partial charge is 0.270 e. The Morgan fingerprint density at radius 1 is 1.21 bits per heavy atom. The molecular weight excluding hydrogens is 392 g/mol. The van der Waals surface area contributed by atoms with Gasteiger partial charge in [-0.05, 0) is 36.6 Å². The summed E-state index contributed by atoms with van der Waals surface area (Å²) in [6, 6.07) is 6.78. The highest BCUT2D eigenvalue weighted by atomic mass is 32.2. The average Bonchev–Trinajstić information content (AvgIpc) is 2.67. The summed E-state index contributed by atoms with van der Waals surface area (Å²) in [5.41, 5.74) is -0.458. The van der Waals surface area contributed by atoms with E-state index in [9.17, 15) is 28.5 Å². The molecule has 0 heterocycles. The maximum atomic E-state index is 13.8. The summed E-state index contributed by atoms with van der Waals surface area (Å²) in [5.74, 6) is -2.56. The third-order valence-electron chi connectivity index (χ3n) is 3.74. The molecule has 28 heavy (non-hydrogen) atoms. The molecule has 2 aromatic carbocycles. The SMILES string of the molecule is CSCC[C@H](NC(=O)c1cccc([N+](=O)[O-])c1)C(=O)Nc1ccc(F)cc1F. The molecule has 0 radical (unpaired) electrons. The summed E-state index contributed by atoms with van der Waals surface area (Å²) in [6.07, 6.45) is 2.06. The van der Waals surface area contributed by atoms with Crippen LogP contribution in [0.15, 0.2) is 42.5 Å². The summed E-state index contributed by atoms with van der Waals surface area (Å²) < 4.78 is 26.8. The predicted octanol–water partition coefficient (Wildman–Crippen LogP) is 3.36. The van der Waals surface area contributed by atoms with Gasteiger partial charge in [-0.1, -0.05) is 6.07 Å². The van der Waals surface area contributed by atoms with Gasteiger partial charge in [0.2, 0.25) is 5.91 Å². The standard InChI is InChI=1S/C18H17F2N3O4S/c1-28-8-7-16(18(25)21-15-6-5-12(19)10-14(15)20)22-17(24)11-3-2-4-13(9-11)23(26)27/h2-6,9-10,16H,7-8H2,1H3,(H,21,25)(H,22,24)/t16-/m0/s1. The maximum Gasteiger partial charge on any atom is 0.270 e. The number of nitrogens with one attached hydrogen (secondary N) is 2. The summed E-state index contributed by atoms with van der Waals surface area (Å²) >= 11 is 1.44. The van der Waals surface area contributed by atoms with Crippen molar-refractivity contribution in [3.63, 3.8) is 0 Å². The van der Waals surface area contributed by atoms with Crippen LogP contribution in [-0.4, -0.2) is 34.8 Å². The fraction of sp³-hybridized carbons (Fsp3) is 0.222. The number of nitro groups is 1. The molecule has 0 bridgehead atoms. The van der Waals surface area contributed by atoms with Crippen molar-refractivity contribution in [2.75, 3.05) is 17.3 Å². The van der Waals surface area contributed by atoms with Crippen LogP contribution in [0.25, 0.3) is 0 Å². The first-order valence-electron chi connectivity index (χ1n) is 8.12. The van der Waals surface area contributed by atoms with Crippen molar-refractivity contribution >= 4 is 35.0 Å². The second kappa shape index (κ2) is 9.79. The number of nitro benzene ring substituents is 1. The largest absolute Gasteiger partial charge is 0.340 e. The van der Waals surface area contributed by atoms with Crippen LogP contribution in [0, 0.1) is 21.7 Å². The Morgan fingerprint density at radius 2 is 1.96 bits per heavy atom. The van der Waals surface area contributed by atoms with Crippen LogP contribution in [-0.2, 0) is 4.79 Å². The van der Waals surface area contributed by atoms with E-state index < -0.39 is 34.4 Å². The highest BCUT2D eigenvalue weighted by molar-refractivity contribution is 7.98. The normalized spacial score (nSPS) is 11.5. The van der Waals surface area contributed by atoms with Gasteiger partial charge >= 0.3 is 0 Å². The first-order valence-corrected chi connectivity index (χ1v) is 9.51. The Balaban J connectivity index is 2.15. The van der Waals surface area contributed by atoms with Gasteiger partial charge in [0.25, 0.3) is 11.6 Å². The van der Waals surface area contributed by atoms with Crippen molar-refractivity contribution in [2.45, 2.75) is 12.5 Å². The number of carbonyl (C=O) groups excluding carboxylic acids is 2. The van der Waals surface area contributed by atoms with Crippen molar-refractivity contribution < 1.29 is 23.3 Å². The number of amides is 2. The Kier molecular flexibility index (Phi) is 7.44. The van der Waals surface area contributed by atoms with Crippen LogP contribution in [0.4, 0.5) is 20.2 Å². The molecule has 0 unspecified atom stereocenters. The number of hydrogen-bond acceptors (Lipinski definition) is 5. The molecular formula is C18H17F2N3O4S. The van der Waals surface area contributed by atoms with E-state index in [-0.39, 0.29) is 23.4 Å². The average molecular weight is 409 g/mol. The number of rotatable bonds is 8. The molecule has 10 heteroatoms. The fourth-order valence-electron chi connectivity index (χ4n) is 2.32. The van der Waals surface area contributed by atoms with E-state index in [1.54, 1.807) is 0 Å². The molecule has 0 saturated carbocycles. The third kappa shape index (κ3) is 5.74. The number of carbonyl (C=O) groups is 2. The molecule has 2 aromatic rings. The minimum atomic E-state index is -1.01. The van der Waals surface area contributed by atoms with Gasteiger partial charge in [-0.2, -0.15) is 11.8 Å². The highest BCUT2D eigenvalue weighted by Crippen LogP contribution is 2.17. The van der Waals surface area contributed by atoms with E-state index in [0.29, 0.717) is 11.8 Å². The van der Waals surface area contributed by atoms with E-state index in [4.69, 9.17) is 0 Å². The Morgan fingerprint density at radius 3 is 2.61 bits per heavy atom. The monoisotopic (exact) mass is 409 g/mol. The van der Waals surface area contributed by atoms with Crippen LogP contribution >= 0.6 is 11.8 Å². The summed E-state index contributed by atoms with van der Waals surface area (Å²) in [5, 5.41) is 15.7. The number of non-ortho nitro benzene ring substituents is 1. The van der Waals surface area contributed by atoms with Gasteiger partial charge in [0.15, 0.2) is 0 Å². The molecule has 7 nitrogen and oxygen atoms in total. The van der Waals surface area contributed by atoms with Crippen molar-refractivity contribution in [1.29, 1.82) is 0 Å². The van der Waals surface area contributed by atoms with Crippen molar-refractivity contribution in [3.8, 4) is 0 Å². The Bertz CT molecular complexity index is 895. The van der Waals surface area contributed by atoms with Crippen molar-refractivity contribution in [2.24, 2.45) is 0 Å². The van der Waals surface area contributed by atoms with Gasteiger partial charge in [-0.25, -0.2) is 8.78 Å². The topological polar surface area (TPSA) is 101 Å². The molecule has 1 atom stereocenters. The lowest BCUT2D eigenvalue weighted by Gasteiger charge is -2.18. The molecule has 2 N–H and O–H groups in total. The van der Waals surface area contributed by atoms with Crippen molar-refractivity contribution in [3.05, 3.63) is 69.8 Å². The zero-order chi connectivity index (χ0) is 20.7. The van der Waals surface area contributed by atoms with Gasteiger partial charge in [-0.3, -0.25) is 19.7 Å². The van der Waals surface area contributed by atoms with Gasteiger partial charge in [0.1, 0.15) is 17.7 Å². The van der Waals surface area contributed by atoms with E-state index in [2.05, 4.69) is 10.6 Å². The van der Waals surface area contributed by atoms with Crippen LogP contribution in [0.5, 0.6) is 0 Å². The molecule has 0 aliphatic rings. The minimum absolute atomic E-state index is 0.0177. The minimum Gasteiger partial charge on any atom is -0.340 e. The molecule has 0 aliphatic heterocycles. The molecule has 0 spiro atoms. The third-order valence-corrected chi connectivity index (χ3v) is 4.38. The van der Waals surface area contributed by atoms with E-state index in [1.165, 1.54) is 30.0 Å². The quantitative estimate of drug-likeness (QED) is 0.514. The number of halogens is 2. The molecule has 2 rings (SSSR count). The van der Waals surface area contributed by atoms with Gasteiger partial charge in [0.05, 0.1) is 10.6 Å². The number of anilines is 1.